The quantitative estimate of drug-likeness (QED) is 0.107. The minimum Gasteiger partial charge on any atom is -0.309 e. The predicted molar refractivity (Wildman–Crippen MR) is 636 cm³/mol. The van der Waals surface area contributed by atoms with Crippen molar-refractivity contribution in [1.82, 2.24) is 0 Å². The minimum atomic E-state index is 1.12. The molecule has 30 aromatic rings. The standard InChI is InChI=1S/C52H33NS.C48H31NS.C40H25NS/c1-2-16-36(17-3-1)49-43-23-10-8-21-41(43)42-22-9-11-24-44(42)50(49)37-28-31-38(32-29-37)53(47-26-12-18-34-14-4-6-19-39(34)47)48-27-13-25-45-46-33-30-35-15-5-7-20-40(35)51(46)54-52(45)48;1-2-11-32(12-3-1)33-21-26-37(27-22-33)49(46-20-10-19-43-44-30-25-34-13-4-7-16-40(34)47(44)50-48(43)46)38-28-23-35(24-29-38)45-31-36-14-5-6-15-39(36)41-17-8-9-18-42(41)45;1-4-13-31-27(10-1)19-20-29-25-30(22-24-32(29)31)41(37-17-7-12-26-9-2-5-14-33(26)37)38-18-8-16-35-36-23-21-28-11-3-6-15-34(28)39(36)42-40(35)38/h1-33H;1-31H;1-25H. The highest BCUT2D eigenvalue weighted by molar-refractivity contribution is 7.28. The molecule has 3 aromatic heterocycles. The maximum Gasteiger partial charge on any atom is 0.0640 e. The Hall–Kier alpha value is -18.1. The molecule has 0 aliphatic rings. The zero-order valence-corrected chi connectivity index (χ0v) is 81.9. The van der Waals surface area contributed by atoms with Crippen molar-refractivity contribution >= 4 is 264 Å². The highest BCUT2D eigenvalue weighted by atomic mass is 32.1. The van der Waals surface area contributed by atoms with Crippen molar-refractivity contribution in [2.45, 2.75) is 0 Å². The Labute approximate surface area is 856 Å². The summed E-state index contributed by atoms with van der Waals surface area (Å²) in [6, 6.07) is 197. The van der Waals surface area contributed by atoms with Gasteiger partial charge in [0, 0.05) is 79.9 Å². The van der Waals surface area contributed by atoms with Crippen LogP contribution in [-0.4, -0.2) is 0 Å². The van der Waals surface area contributed by atoms with Gasteiger partial charge in [0.1, 0.15) is 0 Å². The number of hydrogen-bond donors (Lipinski definition) is 0. The van der Waals surface area contributed by atoms with Crippen molar-refractivity contribution < 1.29 is 0 Å². The number of benzene rings is 27. The second-order valence-corrected chi connectivity index (χ2v) is 40.9. The number of anilines is 9. The van der Waals surface area contributed by atoms with Crippen LogP contribution >= 0.6 is 34.0 Å². The van der Waals surface area contributed by atoms with Gasteiger partial charge >= 0.3 is 0 Å². The van der Waals surface area contributed by atoms with Gasteiger partial charge < -0.3 is 14.7 Å². The van der Waals surface area contributed by atoms with E-state index in [1.165, 1.54) is 246 Å². The van der Waals surface area contributed by atoms with E-state index in [9.17, 15) is 0 Å². The average molecular weight is 1910 g/mol. The van der Waals surface area contributed by atoms with Gasteiger partial charge in [-0.3, -0.25) is 0 Å². The van der Waals surface area contributed by atoms with Crippen molar-refractivity contribution in [2.24, 2.45) is 0 Å². The van der Waals surface area contributed by atoms with E-state index in [2.05, 4.69) is 555 Å². The van der Waals surface area contributed by atoms with Gasteiger partial charge in [-0.05, 0) is 237 Å². The number of rotatable bonds is 13. The summed E-state index contributed by atoms with van der Waals surface area (Å²) in [6.45, 7) is 0. The largest absolute Gasteiger partial charge is 0.309 e. The maximum absolute atomic E-state index is 2.47. The molecule has 27 aromatic carbocycles. The molecule has 0 aliphatic heterocycles. The number of nitrogens with zero attached hydrogens (tertiary/aromatic N) is 3. The lowest BCUT2D eigenvalue weighted by molar-refractivity contribution is 1.30. The van der Waals surface area contributed by atoms with Crippen molar-refractivity contribution in [3.05, 3.63) is 540 Å². The zero-order valence-electron chi connectivity index (χ0n) is 79.5. The molecule has 0 saturated carbocycles. The average Bonchev–Trinajstić information content (AvgIpc) is 1.22. The van der Waals surface area contributed by atoms with Crippen LogP contribution in [0, 0.1) is 0 Å². The third-order valence-corrected chi connectivity index (χ3v) is 33.5. The Balaban J connectivity index is 0.000000107. The van der Waals surface area contributed by atoms with Crippen LogP contribution < -0.4 is 14.7 Å². The molecule has 682 valence electrons. The number of thiophene rings is 3. The summed E-state index contributed by atoms with van der Waals surface area (Å²) >= 11 is 5.70. The van der Waals surface area contributed by atoms with Crippen molar-refractivity contribution in [1.29, 1.82) is 0 Å². The smallest absolute Gasteiger partial charge is 0.0640 e. The van der Waals surface area contributed by atoms with Gasteiger partial charge in [0.15, 0.2) is 0 Å². The Morgan fingerprint density at radius 1 is 0.116 bits per heavy atom. The van der Waals surface area contributed by atoms with Crippen LogP contribution in [0.15, 0.2) is 540 Å². The highest BCUT2D eigenvalue weighted by Crippen LogP contribution is 2.55. The molecule has 6 heteroatoms. The topological polar surface area (TPSA) is 9.72 Å². The normalized spacial score (nSPS) is 11.7. The molecule has 0 aliphatic carbocycles. The summed E-state index contributed by atoms with van der Waals surface area (Å²) in [4.78, 5) is 7.37. The molecular weight excluding hydrogens is 1820 g/mol. The van der Waals surface area contributed by atoms with Gasteiger partial charge in [0.25, 0.3) is 0 Å². The third-order valence-electron chi connectivity index (χ3n) is 29.7. The molecule has 0 atom stereocenters. The number of fused-ring (bicyclic) bond motifs is 26. The molecule has 0 N–H and O–H groups in total. The third kappa shape index (κ3) is 14.7. The fraction of sp³-hybridized carbons (Fsp3) is 0. The van der Waals surface area contributed by atoms with Crippen LogP contribution in [0.1, 0.15) is 0 Å². The SMILES string of the molecule is c1ccc(-c2c(-c3ccc(N(c4cccc5ccccc45)c4cccc5c4sc4c6ccccc6ccc54)cc3)c3ccccc3c3ccccc23)cc1.c1ccc(-c2ccc(N(c3ccc(-c4cc5ccccc5c5ccccc45)cc3)c3cccc4c3sc3c5ccccc5ccc43)cc2)cc1.c1ccc2c(N(c3ccc4c(ccc5ccccc54)c3)c3cccc4c3sc3c5ccccc5ccc43)cccc2c1. The van der Waals surface area contributed by atoms with Gasteiger partial charge in [-0.1, -0.05) is 455 Å². The fourth-order valence-corrected chi connectivity index (χ4v) is 26.9. The van der Waals surface area contributed by atoms with E-state index in [0.717, 1.165) is 28.4 Å². The van der Waals surface area contributed by atoms with Crippen LogP contribution in [-0.2, 0) is 0 Å². The van der Waals surface area contributed by atoms with E-state index in [1.54, 1.807) is 0 Å². The van der Waals surface area contributed by atoms with Crippen molar-refractivity contribution in [3.8, 4) is 44.5 Å². The molecule has 0 spiro atoms. The molecule has 3 nitrogen and oxygen atoms in total. The molecule has 0 saturated heterocycles. The Kier molecular flexibility index (Phi) is 21.2. The van der Waals surface area contributed by atoms with Gasteiger partial charge in [-0.2, -0.15) is 0 Å². The fourth-order valence-electron chi connectivity index (χ4n) is 22.9. The van der Waals surface area contributed by atoms with E-state index in [4.69, 9.17) is 0 Å². The summed E-state index contributed by atoms with van der Waals surface area (Å²) in [5.41, 5.74) is 20.3. The Morgan fingerprint density at radius 3 is 0.822 bits per heavy atom. The maximum atomic E-state index is 2.47. The highest BCUT2D eigenvalue weighted by Gasteiger charge is 2.28. The summed E-state index contributed by atoms with van der Waals surface area (Å²) in [5, 5.41) is 35.8. The molecule has 3 heterocycles. The van der Waals surface area contributed by atoms with Crippen LogP contribution in [0.3, 0.4) is 0 Å². The van der Waals surface area contributed by atoms with Gasteiger partial charge in [0.05, 0.1) is 42.5 Å². The first kappa shape index (κ1) is 85.8. The van der Waals surface area contributed by atoms with Crippen molar-refractivity contribution in [2.75, 3.05) is 14.7 Å². The predicted octanol–water partition coefficient (Wildman–Crippen LogP) is 41.9. The van der Waals surface area contributed by atoms with Crippen molar-refractivity contribution in [3.63, 3.8) is 0 Å². The van der Waals surface area contributed by atoms with Gasteiger partial charge in [0.2, 0.25) is 0 Å². The molecule has 0 bridgehead atoms. The van der Waals surface area contributed by atoms with E-state index < -0.39 is 0 Å². The minimum absolute atomic E-state index is 1.12. The molecule has 30 rings (SSSR count). The second-order valence-electron chi connectivity index (χ2n) is 37.9. The van der Waals surface area contributed by atoms with Gasteiger partial charge in [-0.15, -0.1) is 34.0 Å². The van der Waals surface area contributed by atoms with E-state index in [1.807, 2.05) is 34.0 Å². The van der Waals surface area contributed by atoms with E-state index in [-0.39, 0.29) is 0 Å². The monoisotopic (exact) mass is 1910 g/mol. The van der Waals surface area contributed by atoms with Crippen LogP contribution in [0.4, 0.5) is 51.2 Å². The summed E-state index contributed by atoms with van der Waals surface area (Å²) in [7, 11) is 0. The lowest BCUT2D eigenvalue weighted by Gasteiger charge is -2.28. The van der Waals surface area contributed by atoms with Crippen LogP contribution in [0.2, 0.25) is 0 Å². The molecule has 0 amide bonds. The van der Waals surface area contributed by atoms with E-state index in [0.29, 0.717) is 0 Å². The Morgan fingerprint density at radius 2 is 0.363 bits per heavy atom. The first-order valence-corrected chi connectivity index (χ1v) is 52.4. The molecule has 0 fully saturated rings. The first-order valence-electron chi connectivity index (χ1n) is 50.0. The molecule has 0 radical (unpaired) electrons. The Bertz CT molecular complexity index is 10400. The molecule has 146 heavy (non-hydrogen) atoms. The zero-order chi connectivity index (χ0) is 96.2. The summed E-state index contributed by atoms with van der Waals surface area (Å²) < 4.78 is 7.89. The lowest BCUT2D eigenvalue weighted by atomic mass is 9.85. The summed E-state index contributed by atoms with van der Waals surface area (Å²) in [6.07, 6.45) is 0. The van der Waals surface area contributed by atoms with E-state index >= 15 is 0 Å². The van der Waals surface area contributed by atoms with Crippen LogP contribution in [0.5, 0.6) is 0 Å². The molecule has 0 unspecified atom stereocenters. The summed E-state index contributed by atoms with van der Waals surface area (Å²) in [5.74, 6) is 0. The second kappa shape index (κ2) is 36.1. The first-order chi connectivity index (χ1) is 72.4. The van der Waals surface area contributed by atoms with Gasteiger partial charge in [-0.25, -0.2) is 0 Å². The van der Waals surface area contributed by atoms with Crippen LogP contribution in [0.25, 0.3) is 224 Å². The molecular formula is C140H89N3S3. The number of hydrogen-bond acceptors (Lipinski definition) is 6. The lowest BCUT2D eigenvalue weighted by Crippen LogP contribution is -2.10.